The van der Waals surface area contributed by atoms with Crippen LogP contribution in [0.15, 0.2) is 42.5 Å². The Kier molecular flexibility index (Phi) is 4.91. The Morgan fingerprint density at radius 2 is 1.82 bits per heavy atom. The van der Waals surface area contributed by atoms with E-state index < -0.39 is 0 Å². The zero-order valence-electron chi connectivity index (χ0n) is 15.6. The van der Waals surface area contributed by atoms with E-state index in [-0.39, 0.29) is 24.8 Å². The van der Waals surface area contributed by atoms with Gasteiger partial charge in [-0.1, -0.05) is 30.3 Å². The number of rotatable bonds is 5. The number of benzene rings is 2. The average Bonchev–Trinajstić information content (AvgIpc) is 3.49. The van der Waals surface area contributed by atoms with Crippen molar-refractivity contribution in [3.05, 3.63) is 59.2 Å². The van der Waals surface area contributed by atoms with Gasteiger partial charge in [-0.15, -0.1) is 0 Å². The third-order valence-electron chi connectivity index (χ3n) is 5.58. The van der Waals surface area contributed by atoms with E-state index in [1.54, 1.807) is 0 Å². The summed E-state index contributed by atoms with van der Waals surface area (Å²) < 4.78 is 10.7. The number of amides is 1. The van der Waals surface area contributed by atoms with Crippen LogP contribution in [0.3, 0.4) is 0 Å². The molecule has 5 rings (SSSR count). The zero-order chi connectivity index (χ0) is 18.9. The third kappa shape index (κ3) is 3.84. The maximum absolute atomic E-state index is 12.7. The van der Waals surface area contributed by atoms with Gasteiger partial charge in [0.05, 0.1) is 6.04 Å². The number of ether oxygens (including phenoxy) is 2. The molecule has 1 aliphatic carbocycles. The van der Waals surface area contributed by atoms with Gasteiger partial charge in [-0.25, -0.2) is 0 Å². The van der Waals surface area contributed by atoms with Crippen molar-refractivity contribution in [2.45, 2.75) is 37.4 Å². The Morgan fingerprint density at radius 1 is 1.04 bits per heavy atom. The first kappa shape index (κ1) is 17.9. The summed E-state index contributed by atoms with van der Waals surface area (Å²) in [6.07, 6.45) is 2.64. The van der Waals surface area contributed by atoms with Gasteiger partial charge in [0.25, 0.3) is 0 Å². The lowest BCUT2D eigenvalue weighted by atomic mass is 10.0. The van der Waals surface area contributed by atoms with Crippen LogP contribution in [0.2, 0.25) is 0 Å². The molecular formula is C22H24N2O3S. The lowest BCUT2D eigenvalue weighted by Gasteiger charge is -2.30. The van der Waals surface area contributed by atoms with Gasteiger partial charge in [0.1, 0.15) is 0 Å². The van der Waals surface area contributed by atoms with Crippen LogP contribution in [0.1, 0.15) is 41.5 Å². The molecular weight excluding hydrogens is 372 g/mol. The Hall–Kier alpha value is -2.18. The van der Waals surface area contributed by atoms with Crippen molar-refractivity contribution >= 4 is 17.7 Å². The average molecular weight is 397 g/mol. The molecule has 1 amide bonds. The fraction of sp³-hybridized carbons (Fsp3) is 0.409. The summed E-state index contributed by atoms with van der Waals surface area (Å²) in [5.74, 6) is 4.11. The fourth-order valence-corrected chi connectivity index (χ4v) is 4.91. The van der Waals surface area contributed by atoms with Crippen molar-refractivity contribution in [3.8, 4) is 11.5 Å². The number of thioether (sulfide) groups is 1. The van der Waals surface area contributed by atoms with Crippen LogP contribution in [0, 0.1) is 0 Å². The van der Waals surface area contributed by atoms with Gasteiger partial charge >= 0.3 is 0 Å². The molecule has 0 bridgehead atoms. The molecule has 2 heterocycles. The highest BCUT2D eigenvalue weighted by molar-refractivity contribution is 7.99. The van der Waals surface area contributed by atoms with E-state index in [1.807, 2.05) is 30.0 Å². The molecule has 2 atom stereocenters. The summed E-state index contributed by atoms with van der Waals surface area (Å²) in [6.45, 7) is 0.746. The summed E-state index contributed by atoms with van der Waals surface area (Å²) in [5.41, 5.74) is 3.73. The lowest BCUT2D eigenvalue weighted by Crippen LogP contribution is -2.50. The van der Waals surface area contributed by atoms with Crippen LogP contribution in [0.25, 0.3) is 0 Å². The van der Waals surface area contributed by atoms with Crippen LogP contribution in [-0.4, -0.2) is 30.2 Å². The van der Waals surface area contributed by atoms with Crippen LogP contribution in [0.5, 0.6) is 11.5 Å². The maximum atomic E-state index is 12.7. The molecule has 2 N–H and O–H groups in total. The van der Waals surface area contributed by atoms with Gasteiger partial charge in [-0.3, -0.25) is 10.1 Å². The smallest absolute Gasteiger partial charge is 0.238 e. The predicted molar refractivity (Wildman–Crippen MR) is 110 cm³/mol. The number of nitrogens with one attached hydrogen (secondary N) is 2. The molecule has 2 aromatic rings. The Balaban J connectivity index is 1.18. The standard InChI is InChI=1S/C22H24N2O3S/c25-22(23-10-14-1-8-20-21(9-14)27-13-26-20)19-12-28-11-18(24-19)17-6-4-16(5-7-17)15-2-3-15/h1,4-9,15,18-19,24H,2-3,10-13H2,(H,23,25)/t18?,19-/m0/s1. The fourth-order valence-electron chi connectivity index (χ4n) is 3.77. The summed E-state index contributed by atoms with van der Waals surface area (Å²) in [6, 6.07) is 14.8. The van der Waals surface area contributed by atoms with Gasteiger partial charge in [0, 0.05) is 24.1 Å². The largest absolute Gasteiger partial charge is 0.454 e. The van der Waals surface area contributed by atoms with Crippen LogP contribution in [-0.2, 0) is 11.3 Å². The first-order chi connectivity index (χ1) is 13.8. The van der Waals surface area contributed by atoms with Gasteiger partial charge in [0.2, 0.25) is 12.7 Å². The van der Waals surface area contributed by atoms with Crippen molar-refractivity contribution in [2.24, 2.45) is 0 Å². The van der Waals surface area contributed by atoms with E-state index in [1.165, 1.54) is 24.0 Å². The van der Waals surface area contributed by atoms with Gasteiger partial charge < -0.3 is 14.8 Å². The second-order valence-electron chi connectivity index (χ2n) is 7.66. The minimum Gasteiger partial charge on any atom is -0.454 e. The summed E-state index contributed by atoms with van der Waals surface area (Å²) in [4.78, 5) is 12.7. The highest BCUT2D eigenvalue weighted by atomic mass is 32.2. The second kappa shape index (κ2) is 7.68. The Morgan fingerprint density at radius 3 is 2.64 bits per heavy atom. The van der Waals surface area contributed by atoms with Crippen molar-refractivity contribution in [1.29, 1.82) is 0 Å². The van der Waals surface area contributed by atoms with E-state index in [2.05, 4.69) is 34.9 Å². The minimum atomic E-state index is -0.180. The minimum absolute atomic E-state index is 0.0458. The van der Waals surface area contributed by atoms with Crippen LogP contribution >= 0.6 is 11.8 Å². The molecule has 2 aliphatic heterocycles. The van der Waals surface area contributed by atoms with E-state index >= 15 is 0 Å². The molecule has 0 spiro atoms. The summed E-state index contributed by atoms with van der Waals surface area (Å²) in [5, 5.41) is 6.59. The van der Waals surface area contributed by atoms with E-state index in [0.29, 0.717) is 6.54 Å². The van der Waals surface area contributed by atoms with E-state index in [9.17, 15) is 4.79 Å². The van der Waals surface area contributed by atoms with Crippen molar-refractivity contribution in [2.75, 3.05) is 18.3 Å². The molecule has 3 aliphatic rings. The number of hydrogen-bond acceptors (Lipinski definition) is 5. The van der Waals surface area contributed by atoms with E-state index in [0.717, 1.165) is 34.5 Å². The summed E-state index contributed by atoms with van der Waals surface area (Å²) in [7, 11) is 0. The molecule has 2 aromatic carbocycles. The first-order valence-corrected chi connectivity index (χ1v) is 11.0. The molecule has 1 unspecified atom stereocenters. The number of carbonyl (C=O) groups is 1. The van der Waals surface area contributed by atoms with Gasteiger partial charge in [-0.2, -0.15) is 11.8 Å². The highest BCUT2D eigenvalue weighted by Crippen LogP contribution is 2.40. The third-order valence-corrected chi connectivity index (χ3v) is 6.72. The van der Waals surface area contributed by atoms with Crippen molar-refractivity contribution < 1.29 is 14.3 Å². The number of hydrogen-bond donors (Lipinski definition) is 2. The number of fused-ring (bicyclic) bond motifs is 1. The molecule has 2 fully saturated rings. The van der Waals surface area contributed by atoms with Gasteiger partial charge in [-0.05, 0) is 47.6 Å². The molecule has 5 nitrogen and oxygen atoms in total. The SMILES string of the molecule is O=C(NCc1ccc2c(c1)OCO2)[C@@H]1CSCC(c2ccc(C3CC3)cc2)N1. The van der Waals surface area contributed by atoms with Crippen LogP contribution < -0.4 is 20.1 Å². The van der Waals surface area contributed by atoms with Crippen molar-refractivity contribution in [1.82, 2.24) is 10.6 Å². The molecule has 0 radical (unpaired) electrons. The predicted octanol–water partition coefficient (Wildman–Crippen LogP) is 3.36. The molecule has 1 saturated carbocycles. The molecule has 146 valence electrons. The Labute approximate surface area is 169 Å². The molecule has 0 aromatic heterocycles. The van der Waals surface area contributed by atoms with E-state index in [4.69, 9.17) is 9.47 Å². The van der Waals surface area contributed by atoms with Gasteiger partial charge in [0.15, 0.2) is 11.5 Å². The molecule has 28 heavy (non-hydrogen) atoms. The lowest BCUT2D eigenvalue weighted by molar-refractivity contribution is -0.123. The first-order valence-electron chi connectivity index (χ1n) is 9.86. The monoisotopic (exact) mass is 396 g/mol. The molecule has 1 saturated heterocycles. The van der Waals surface area contributed by atoms with Crippen molar-refractivity contribution in [3.63, 3.8) is 0 Å². The highest BCUT2D eigenvalue weighted by Gasteiger charge is 2.28. The second-order valence-corrected chi connectivity index (χ2v) is 8.73. The normalized spacial score (nSPS) is 23.4. The summed E-state index contributed by atoms with van der Waals surface area (Å²) >= 11 is 1.84. The number of carbonyl (C=O) groups excluding carboxylic acids is 1. The van der Waals surface area contributed by atoms with Crippen LogP contribution in [0.4, 0.5) is 0 Å². The molecule has 6 heteroatoms. The maximum Gasteiger partial charge on any atom is 0.238 e. The topological polar surface area (TPSA) is 59.6 Å². The zero-order valence-corrected chi connectivity index (χ0v) is 16.5. The Bertz CT molecular complexity index is 867. The quantitative estimate of drug-likeness (QED) is 0.812.